The number of carbonyl (C=O) groups is 1. The fourth-order valence-electron chi connectivity index (χ4n) is 3.51. The zero-order valence-electron chi connectivity index (χ0n) is 16.5. The molecule has 0 unspecified atom stereocenters. The van der Waals surface area contributed by atoms with Crippen LogP contribution in [0.5, 0.6) is 5.75 Å². The summed E-state index contributed by atoms with van der Waals surface area (Å²) in [5, 5.41) is 1.11. The van der Waals surface area contributed by atoms with Crippen molar-refractivity contribution < 1.29 is 9.53 Å². The number of benzene rings is 2. The van der Waals surface area contributed by atoms with Crippen LogP contribution in [0.25, 0.3) is 22.2 Å². The number of nitrogens with zero attached hydrogens (tertiary/aromatic N) is 3. The van der Waals surface area contributed by atoms with Crippen molar-refractivity contribution in [2.24, 2.45) is 0 Å². The van der Waals surface area contributed by atoms with Gasteiger partial charge in [-0.15, -0.1) is 0 Å². The Morgan fingerprint density at radius 2 is 1.90 bits per heavy atom. The highest BCUT2D eigenvalue weighted by molar-refractivity contribution is 9.10. The molecule has 2 heterocycles. The molecule has 1 aliphatic heterocycles. The summed E-state index contributed by atoms with van der Waals surface area (Å²) in [7, 11) is 1.87. The summed E-state index contributed by atoms with van der Waals surface area (Å²) >= 11 is 3.50. The second-order valence-corrected chi connectivity index (χ2v) is 8.27. The van der Waals surface area contributed by atoms with Crippen molar-refractivity contribution in [1.82, 2.24) is 14.8 Å². The van der Waals surface area contributed by atoms with E-state index in [1.54, 1.807) is 4.90 Å². The molecule has 0 atom stereocenters. The summed E-state index contributed by atoms with van der Waals surface area (Å²) in [6.07, 6.45) is 1.01. The Labute approximate surface area is 179 Å². The average molecular weight is 454 g/mol. The molecule has 150 valence electrons. The summed E-state index contributed by atoms with van der Waals surface area (Å²) in [6, 6.07) is 18.2. The Balaban J connectivity index is 1.35. The monoisotopic (exact) mass is 453 g/mol. The van der Waals surface area contributed by atoms with E-state index in [4.69, 9.17) is 9.72 Å². The van der Waals surface area contributed by atoms with Gasteiger partial charge >= 0.3 is 0 Å². The molecule has 1 aliphatic rings. The summed E-state index contributed by atoms with van der Waals surface area (Å²) < 4.78 is 6.95. The molecule has 0 aliphatic carbocycles. The number of aromatic nitrogens is 1. The van der Waals surface area contributed by atoms with Gasteiger partial charge in [-0.05, 0) is 55.0 Å². The van der Waals surface area contributed by atoms with Crippen molar-refractivity contribution >= 4 is 32.7 Å². The van der Waals surface area contributed by atoms with Gasteiger partial charge in [0.1, 0.15) is 12.4 Å². The lowest BCUT2D eigenvalue weighted by atomic mass is 10.1. The van der Waals surface area contributed by atoms with Gasteiger partial charge < -0.3 is 9.64 Å². The number of likely N-dealkylation sites (N-methyl/N-ethyl adjacent to an activating group) is 1. The van der Waals surface area contributed by atoms with Gasteiger partial charge in [-0.1, -0.05) is 22.0 Å². The average Bonchev–Trinajstić information content (AvgIpc) is 2.89. The van der Waals surface area contributed by atoms with E-state index in [1.807, 2.05) is 49.5 Å². The van der Waals surface area contributed by atoms with Gasteiger partial charge in [-0.25, -0.2) is 4.98 Å². The van der Waals surface area contributed by atoms with Crippen molar-refractivity contribution in [2.45, 2.75) is 6.42 Å². The Kier molecular flexibility index (Phi) is 6.11. The number of hydrogen-bond donors (Lipinski definition) is 0. The predicted octanol–water partition coefficient (Wildman–Crippen LogP) is 4.21. The normalized spacial score (nSPS) is 15.5. The molecule has 1 fully saturated rings. The smallest absolute Gasteiger partial charge is 0.236 e. The van der Waals surface area contributed by atoms with Gasteiger partial charge in [0.05, 0.1) is 17.8 Å². The van der Waals surface area contributed by atoms with Crippen LogP contribution >= 0.6 is 15.9 Å². The number of hydrogen-bond acceptors (Lipinski definition) is 4. The maximum Gasteiger partial charge on any atom is 0.236 e. The first-order valence-corrected chi connectivity index (χ1v) is 10.6. The van der Waals surface area contributed by atoms with Crippen LogP contribution in [0.15, 0.2) is 59.1 Å². The van der Waals surface area contributed by atoms with Crippen molar-refractivity contribution in [3.05, 3.63) is 59.1 Å². The third-order valence-electron chi connectivity index (χ3n) is 5.23. The molecule has 6 heteroatoms. The largest absolute Gasteiger partial charge is 0.492 e. The van der Waals surface area contributed by atoms with Crippen molar-refractivity contribution in [1.29, 1.82) is 0 Å². The molecule has 0 N–H and O–H groups in total. The molecular weight excluding hydrogens is 430 g/mol. The fraction of sp³-hybridized carbons (Fsp3) is 0.304. The SMILES string of the molecule is CN1CCCN(CCOc2ccc(-c3ccc4cc(Br)ccc4n3)cc2)CC1=O. The number of halogens is 1. The van der Waals surface area contributed by atoms with E-state index in [9.17, 15) is 4.79 Å². The molecule has 0 radical (unpaired) electrons. The zero-order chi connectivity index (χ0) is 20.2. The van der Waals surface area contributed by atoms with Crippen LogP contribution in [-0.4, -0.2) is 60.5 Å². The Hall–Kier alpha value is -2.44. The molecule has 4 rings (SSSR count). The maximum atomic E-state index is 12.0. The number of pyridine rings is 1. The van der Waals surface area contributed by atoms with Crippen LogP contribution in [0, 0.1) is 0 Å². The van der Waals surface area contributed by atoms with Gasteiger partial charge in [0.25, 0.3) is 0 Å². The van der Waals surface area contributed by atoms with E-state index >= 15 is 0 Å². The van der Waals surface area contributed by atoms with Crippen LogP contribution in [0.3, 0.4) is 0 Å². The van der Waals surface area contributed by atoms with Gasteiger partial charge in [0, 0.05) is 42.1 Å². The lowest BCUT2D eigenvalue weighted by Gasteiger charge is -2.19. The highest BCUT2D eigenvalue weighted by atomic mass is 79.9. The quantitative estimate of drug-likeness (QED) is 0.580. The van der Waals surface area contributed by atoms with E-state index in [-0.39, 0.29) is 5.91 Å². The van der Waals surface area contributed by atoms with Crippen LogP contribution in [0.1, 0.15) is 6.42 Å². The minimum absolute atomic E-state index is 0.182. The van der Waals surface area contributed by atoms with E-state index in [0.29, 0.717) is 13.2 Å². The van der Waals surface area contributed by atoms with Gasteiger partial charge in [0.15, 0.2) is 0 Å². The number of rotatable bonds is 5. The highest BCUT2D eigenvalue weighted by Gasteiger charge is 2.18. The number of ether oxygens (including phenoxy) is 1. The molecule has 2 aromatic carbocycles. The molecule has 0 saturated carbocycles. The van der Waals surface area contributed by atoms with Crippen LogP contribution < -0.4 is 4.74 Å². The lowest BCUT2D eigenvalue weighted by Crippen LogP contribution is -2.36. The molecule has 29 heavy (non-hydrogen) atoms. The number of carbonyl (C=O) groups excluding carboxylic acids is 1. The highest BCUT2D eigenvalue weighted by Crippen LogP contribution is 2.25. The third-order valence-corrected chi connectivity index (χ3v) is 5.72. The van der Waals surface area contributed by atoms with Crippen molar-refractivity contribution in [3.63, 3.8) is 0 Å². The Bertz CT molecular complexity index is 1010. The van der Waals surface area contributed by atoms with E-state index in [1.165, 1.54) is 0 Å². The molecule has 5 nitrogen and oxygen atoms in total. The molecule has 3 aromatic rings. The standard InChI is InChI=1S/C23H24BrN3O2/c1-26-11-2-12-27(16-23(26)28)13-14-29-20-7-3-17(4-8-20)21-9-5-18-15-19(24)6-10-22(18)25-21/h3-10,15H,2,11-14,16H2,1H3. The van der Waals surface area contributed by atoms with Gasteiger partial charge in [-0.2, -0.15) is 0 Å². The van der Waals surface area contributed by atoms with E-state index < -0.39 is 0 Å². The lowest BCUT2D eigenvalue weighted by molar-refractivity contribution is -0.129. The van der Waals surface area contributed by atoms with Crippen molar-refractivity contribution in [2.75, 3.05) is 39.8 Å². The van der Waals surface area contributed by atoms with Crippen molar-refractivity contribution in [3.8, 4) is 17.0 Å². The first kappa shape index (κ1) is 19.9. The maximum absolute atomic E-state index is 12.0. The molecule has 1 amide bonds. The minimum Gasteiger partial charge on any atom is -0.492 e. The van der Waals surface area contributed by atoms with Crippen LogP contribution in [0.2, 0.25) is 0 Å². The molecule has 0 spiro atoms. The summed E-state index contributed by atoms with van der Waals surface area (Å²) in [5.41, 5.74) is 2.98. The second kappa shape index (κ2) is 8.93. The fourth-order valence-corrected chi connectivity index (χ4v) is 3.89. The molecule has 1 saturated heterocycles. The summed E-state index contributed by atoms with van der Waals surface area (Å²) in [6.45, 7) is 3.56. The van der Waals surface area contributed by atoms with Gasteiger partial charge in [-0.3, -0.25) is 9.69 Å². The minimum atomic E-state index is 0.182. The predicted molar refractivity (Wildman–Crippen MR) is 119 cm³/mol. The van der Waals surface area contributed by atoms with E-state index in [2.05, 4.69) is 33.0 Å². The summed E-state index contributed by atoms with van der Waals surface area (Å²) in [4.78, 5) is 20.7. The Morgan fingerprint density at radius 1 is 1.07 bits per heavy atom. The number of amides is 1. The first-order valence-electron chi connectivity index (χ1n) is 9.84. The third kappa shape index (κ3) is 4.95. The second-order valence-electron chi connectivity index (χ2n) is 7.35. The van der Waals surface area contributed by atoms with Gasteiger partial charge in [0.2, 0.25) is 5.91 Å². The van der Waals surface area contributed by atoms with E-state index in [0.717, 1.165) is 58.4 Å². The molecule has 1 aromatic heterocycles. The molecule has 0 bridgehead atoms. The van der Waals surface area contributed by atoms with Crippen LogP contribution in [-0.2, 0) is 4.79 Å². The molecular formula is C23H24BrN3O2. The Morgan fingerprint density at radius 3 is 2.72 bits per heavy atom. The summed E-state index contributed by atoms with van der Waals surface area (Å²) in [5.74, 6) is 1.01. The number of fused-ring (bicyclic) bond motifs is 1. The topological polar surface area (TPSA) is 45.7 Å². The zero-order valence-corrected chi connectivity index (χ0v) is 18.1. The first-order chi connectivity index (χ1) is 14.1. The van der Waals surface area contributed by atoms with Crippen LogP contribution in [0.4, 0.5) is 0 Å².